The molecule has 0 aromatic heterocycles. The highest BCUT2D eigenvalue weighted by Crippen LogP contribution is 2.35. The highest BCUT2D eigenvalue weighted by atomic mass is 17.5. The van der Waals surface area contributed by atoms with Crippen molar-refractivity contribution in [3.63, 3.8) is 0 Å². The Kier molecular flexibility index (Phi) is 3.94. The van der Waals surface area contributed by atoms with Gasteiger partial charge >= 0.3 is 0 Å². The second-order valence-corrected chi connectivity index (χ2v) is 3.60. The molecule has 1 rings (SSSR count). The Hall–Kier alpha value is -0.160. The molecule has 12 heavy (non-hydrogen) atoms. The van der Waals surface area contributed by atoms with Gasteiger partial charge in [-0.3, -0.25) is 0 Å². The maximum absolute atomic E-state index is 8.04. The molecule has 0 heterocycles. The Labute approximate surface area is 72.5 Å². The van der Waals surface area contributed by atoms with E-state index in [1.165, 1.54) is 19.3 Å². The summed E-state index contributed by atoms with van der Waals surface area (Å²) in [6.45, 7) is 1.01. The molecule has 0 aliphatic heterocycles. The summed E-state index contributed by atoms with van der Waals surface area (Å²) in [6, 6.07) is 0. The molecule has 1 aliphatic rings. The van der Waals surface area contributed by atoms with Crippen molar-refractivity contribution in [3.8, 4) is 0 Å². The van der Waals surface area contributed by atoms with Crippen LogP contribution >= 0.6 is 0 Å². The van der Waals surface area contributed by atoms with Crippen molar-refractivity contribution in [3.05, 3.63) is 0 Å². The van der Waals surface area contributed by atoms with Gasteiger partial charge in [-0.2, -0.15) is 0 Å². The van der Waals surface area contributed by atoms with Gasteiger partial charge in [-0.25, -0.2) is 10.1 Å². The van der Waals surface area contributed by atoms with Crippen LogP contribution in [0.25, 0.3) is 0 Å². The molecule has 1 saturated carbocycles. The summed E-state index contributed by atoms with van der Waals surface area (Å²) in [5.74, 6) is 0. The fourth-order valence-electron chi connectivity index (χ4n) is 1.86. The molecule has 0 saturated heterocycles. The first kappa shape index (κ1) is 9.92. The van der Waals surface area contributed by atoms with Crippen LogP contribution < -0.4 is 5.73 Å². The van der Waals surface area contributed by atoms with Gasteiger partial charge in [0.15, 0.2) is 0 Å². The molecule has 0 bridgehead atoms. The molecule has 0 aromatic rings. The molecule has 0 spiro atoms. The molecule has 1 aliphatic carbocycles. The summed E-state index contributed by atoms with van der Waals surface area (Å²) < 4.78 is 0. The largest absolute Gasteiger partial charge is 0.330 e. The summed E-state index contributed by atoms with van der Waals surface area (Å²) in [5.41, 5.74) is 5.70. The standard InChI is InChI=1S/C8H17NO3/c9-6-8(7-11-12-10)4-2-1-3-5-8/h10H,1-7,9H2. The summed E-state index contributed by atoms with van der Waals surface area (Å²) in [7, 11) is 0. The predicted octanol–water partition coefficient (Wildman–Crippen LogP) is 1.32. The average molecular weight is 175 g/mol. The van der Waals surface area contributed by atoms with Gasteiger partial charge in [0.25, 0.3) is 0 Å². The van der Waals surface area contributed by atoms with E-state index in [1.807, 2.05) is 0 Å². The van der Waals surface area contributed by atoms with E-state index in [0.717, 1.165) is 12.8 Å². The molecule has 72 valence electrons. The lowest BCUT2D eigenvalue weighted by molar-refractivity contribution is -0.497. The van der Waals surface area contributed by atoms with Crippen LogP contribution in [-0.4, -0.2) is 18.4 Å². The van der Waals surface area contributed by atoms with Crippen LogP contribution in [0.2, 0.25) is 0 Å². The first-order valence-electron chi connectivity index (χ1n) is 4.46. The molecule has 0 amide bonds. The maximum Gasteiger partial charge on any atom is 0.0922 e. The molecular weight excluding hydrogens is 158 g/mol. The summed E-state index contributed by atoms with van der Waals surface area (Å²) in [4.78, 5) is 4.54. The minimum absolute atomic E-state index is 0.0426. The van der Waals surface area contributed by atoms with Gasteiger partial charge < -0.3 is 5.73 Å². The summed E-state index contributed by atoms with van der Waals surface area (Å²) in [5, 5.41) is 11.7. The molecule has 0 aromatic carbocycles. The number of hydrogen-bond acceptors (Lipinski definition) is 4. The fraction of sp³-hybridized carbons (Fsp3) is 1.00. The minimum atomic E-state index is 0.0426. The smallest absolute Gasteiger partial charge is 0.0922 e. The van der Waals surface area contributed by atoms with Gasteiger partial charge in [0.2, 0.25) is 0 Å². The molecule has 0 atom stereocenters. The van der Waals surface area contributed by atoms with Crippen LogP contribution in [0.5, 0.6) is 0 Å². The van der Waals surface area contributed by atoms with Crippen LogP contribution in [-0.2, 0) is 9.93 Å². The Bertz CT molecular complexity index is 123. The lowest BCUT2D eigenvalue weighted by Gasteiger charge is -2.34. The van der Waals surface area contributed by atoms with Gasteiger partial charge in [-0.15, -0.1) is 0 Å². The quantitative estimate of drug-likeness (QED) is 0.499. The van der Waals surface area contributed by atoms with Crippen molar-refractivity contribution in [1.29, 1.82) is 0 Å². The first-order valence-corrected chi connectivity index (χ1v) is 4.46. The second kappa shape index (κ2) is 4.77. The highest BCUT2D eigenvalue weighted by Gasteiger charge is 2.31. The Morgan fingerprint density at radius 2 is 1.92 bits per heavy atom. The van der Waals surface area contributed by atoms with E-state index in [4.69, 9.17) is 11.0 Å². The monoisotopic (exact) mass is 175 g/mol. The van der Waals surface area contributed by atoms with Crippen molar-refractivity contribution in [2.75, 3.05) is 13.2 Å². The minimum Gasteiger partial charge on any atom is -0.330 e. The highest BCUT2D eigenvalue weighted by molar-refractivity contribution is 4.83. The number of hydrogen-bond donors (Lipinski definition) is 2. The molecular formula is C8H17NO3. The Balaban J connectivity index is 2.37. The third kappa shape index (κ3) is 2.42. The van der Waals surface area contributed by atoms with E-state index >= 15 is 0 Å². The topological polar surface area (TPSA) is 64.7 Å². The van der Waals surface area contributed by atoms with Gasteiger partial charge in [0.05, 0.1) is 6.61 Å². The summed E-state index contributed by atoms with van der Waals surface area (Å²) >= 11 is 0. The van der Waals surface area contributed by atoms with Gasteiger partial charge in [-0.1, -0.05) is 24.3 Å². The lowest BCUT2D eigenvalue weighted by Crippen LogP contribution is -2.37. The maximum atomic E-state index is 8.04. The Morgan fingerprint density at radius 1 is 1.25 bits per heavy atom. The van der Waals surface area contributed by atoms with Gasteiger partial charge in [0, 0.05) is 12.0 Å². The van der Waals surface area contributed by atoms with Crippen LogP contribution in [0.1, 0.15) is 32.1 Å². The van der Waals surface area contributed by atoms with E-state index in [-0.39, 0.29) is 5.41 Å². The molecule has 0 radical (unpaired) electrons. The van der Waals surface area contributed by atoms with E-state index in [0.29, 0.717) is 13.2 Å². The van der Waals surface area contributed by atoms with E-state index in [2.05, 4.69) is 9.93 Å². The number of nitrogens with two attached hydrogens (primary N) is 1. The summed E-state index contributed by atoms with van der Waals surface area (Å²) in [6.07, 6.45) is 5.83. The molecule has 4 nitrogen and oxygen atoms in total. The van der Waals surface area contributed by atoms with Crippen molar-refractivity contribution < 1.29 is 15.2 Å². The third-order valence-electron chi connectivity index (χ3n) is 2.77. The van der Waals surface area contributed by atoms with Crippen molar-refractivity contribution in [1.82, 2.24) is 0 Å². The first-order chi connectivity index (χ1) is 5.83. The van der Waals surface area contributed by atoms with Crippen molar-refractivity contribution in [2.45, 2.75) is 32.1 Å². The van der Waals surface area contributed by atoms with Gasteiger partial charge in [0.1, 0.15) is 0 Å². The molecule has 3 N–H and O–H groups in total. The lowest BCUT2D eigenvalue weighted by atomic mass is 9.75. The molecule has 0 unspecified atom stereocenters. The third-order valence-corrected chi connectivity index (χ3v) is 2.77. The zero-order valence-corrected chi connectivity index (χ0v) is 7.29. The van der Waals surface area contributed by atoms with Crippen LogP contribution in [0, 0.1) is 5.41 Å². The van der Waals surface area contributed by atoms with Gasteiger partial charge in [-0.05, 0) is 12.8 Å². The Morgan fingerprint density at radius 3 is 2.42 bits per heavy atom. The second-order valence-electron chi connectivity index (χ2n) is 3.60. The van der Waals surface area contributed by atoms with Crippen LogP contribution in [0.3, 0.4) is 0 Å². The van der Waals surface area contributed by atoms with Crippen LogP contribution in [0.4, 0.5) is 0 Å². The van der Waals surface area contributed by atoms with Crippen molar-refractivity contribution in [2.24, 2.45) is 11.1 Å². The normalized spacial score (nSPS) is 22.5. The predicted molar refractivity (Wildman–Crippen MR) is 44.2 cm³/mol. The van der Waals surface area contributed by atoms with E-state index in [1.54, 1.807) is 0 Å². The van der Waals surface area contributed by atoms with Crippen LogP contribution in [0.15, 0.2) is 0 Å². The van der Waals surface area contributed by atoms with E-state index < -0.39 is 0 Å². The zero-order valence-electron chi connectivity index (χ0n) is 7.29. The average Bonchev–Trinajstić information content (AvgIpc) is 2.16. The zero-order chi connectivity index (χ0) is 8.86. The SMILES string of the molecule is NCC1(COOO)CCCCC1. The fourth-order valence-corrected chi connectivity index (χ4v) is 1.86. The van der Waals surface area contributed by atoms with E-state index in [9.17, 15) is 0 Å². The molecule has 4 heteroatoms. The molecule has 1 fully saturated rings. The number of rotatable bonds is 4. The van der Waals surface area contributed by atoms with Crippen molar-refractivity contribution >= 4 is 0 Å².